The molecule has 1 atom stereocenters. The number of hydrogen-bond acceptors (Lipinski definition) is 7. The van der Waals surface area contributed by atoms with Crippen molar-refractivity contribution in [1.29, 1.82) is 0 Å². The fourth-order valence-corrected chi connectivity index (χ4v) is 5.00. The van der Waals surface area contributed by atoms with E-state index in [0.717, 1.165) is 67.5 Å². The molecular formula is C23H26N8O. The normalized spacial score (nSPS) is 20.1. The minimum absolute atomic E-state index is 0.0553. The van der Waals surface area contributed by atoms with Gasteiger partial charge in [-0.1, -0.05) is 0 Å². The highest BCUT2D eigenvalue weighted by atomic mass is 16.1. The van der Waals surface area contributed by atoms with Crippen LogP contribution in [0, 0.1) is 6.92 Å². The first-order valence-corrected chi connectivity index (χ1v) is 11.1. The quantitative estimate of drug-likeness (QED) is 0.666. The second-order valence-corrected chi connectivity index (χ2v) is 8.79. The van der Waals surface area contributed by atoms with Crippen LogP contribution in [0.3, 0.4) is 0 Å². The van der Waals surface area contributed by atoms with E-state index in [1.54, 1.807) is 10.9 Å². The Hall–Kier alpha value is -3.46. The number of anilines is 2. The van der Waals surface area contributed by atoms with Gasteiger partial charge in [0.1, 0.15) is 12.0 Å². The lowest BCUT2D eigenvalue weighted by Gasteiger charge is -2.39. The van der Waals surface area contributed by atoms with Gasteiger partial charge in [0.2, 0.25) is 0 Å². The van der Waals surface area contributed by atoms with Crippen molar-refractivity contribution in [3.8, 4) is 0 Å². The smallest absolute Gasteiger partial charge is 0.272 e. The molecule has 3 aromatic heterocycles. The lowest BCUT2D eigenvalue weighted by molar-refractivity contribution is 0.205. The van der Waals surface area contributed by atoms with Crippen molar-refractivity contribution in [3.63, 3.8) is 0 Å². The molecule has 0 spiro atoms. The van der Waals surface area contributed by atoms with Crippen LogP contribution in [0.5, 0.6) is 0 Å². The Bertz CT molecular complexity index is 1290. The number of aryl methyl sites for hydroxylation is 2. The van der Waals surface area contributed by atoms with Crippen molar-refractivity contribution >= 4 is 17.6 Å². The predicted molar refractivity (Wildman–Crippen MR) is 122 cm³/mol. The summed E-state index contributed by atoms with van der Waals surface area (Å²) in [5.41, 5.74) is 8.96. The maximum Gasteiger partial charge on any atom is 0.272 e. The number of pyridine rings is 1. The van der Waals surface area contributed by atoms with Crippen LogP contribution in [-0.4, -0.2) is 48.6 Å². The van der Waals surface area contributed by atoms with Gasteiger partial charge in [-0.3, -0.25) is 20.1 Å². The molecule has 9 heteroatoms. The molecule has 3 aliphatic rings. The van der Waals surface area contributed by atoms with Crippen molar-refractivity contribution in [3.05, 3.63) is 69.3 Å². The molecule has 0 bridgehead atoms. The van der Waals surface area contributed by atoms with E-state index in [1.165, 1.54) is 11.6 Å². The average Bonchev–Trinajstić information content (AvgIpc) is 3.18. The molecule has 0 saturated carbocycles. The summed E-state index contributed by atoms with van der Waals surface area (Å²) in [7, 11) is 0. The zero-order chi connectivity index (χ0) is 21.8. The molecule has 0 aromatic carbocycles. The SMILES string of the molecule is CC1=Cc2nccc(=O)n2NC1N1CCc2ncc(N3CCCn4nc(C)cc43)cc2C1. The fourth-order valence-electron chi connectivity index (χ4n) is 5.00. The number of hydrogen-bond donors (Lipinski definition) is 1. The van der Waals surface area contributed by atoms with E-state index in [2.05, 4.69) is 49.0 Å². The summed E-state index contributed by atoms with van der Waals surface area (Å²) in [6, 6.07) is 5.90. The third-order valence-electron chi connectivity index (χ3n) is 6.55. The Kier molecular flexibility index (Phi) is 4.39. The molecule has 0 aliphatic carbocycles. The van der Waals surface area contributed by atoms with E-state index in [0.29, 0.717) is 5.82 Å². The monoisotopic (exact) mass is 430 g/mol. The largest absolute Gasteiger partial charge is 0.325 e. The molecule has 1 unspecified atom stereocenters. The fraction of sp³-hybridized carbons (Fsp3) is 0.391. The average molecular weight is 431 g/mol. The number of nitrogens with zero attached hydrogens (tertiary/aromatic N) is 7. The van der Waals surface area contributed by atoms with Gasteiger partial charge >= 0.3 is 0 Å². The first-order chi connectivity index (χ1) is 15.6. The van der Waals surface area contributed by atoms with Crippen molar-refractivity contribution < 1.29 is 0 Å². The third-order valence-corrected chi connectivity index (χ3v) is 6.55. The second-order valence-electron chi connectivity index (χ2n) is 8.79. The minimum Gasteiger partial charge on any atom is -0.325 e. The van der Waals surface area contributed by atoms with Crippen LogP contribution in [0.4, 0.5) is 11.5 Å². The van der Waals surface area contributed by atoms with Gasteiger partial charge in [0.05, 0.1) is 17.6 Å². The van der Waals surface area contributed by atoms with Gasteiger partial charge in [-0.05, 0) is 43.5 Å². The summed E-state index contributed by atoms with van der Waals surface area (Å²) < 4.78 is 3.63. The van der Waals surface area contributed by atoms with E-state index in [4.69, 9.17) is 4.98 Å². The molecule has 0 fully saturated rings. The molecule has 0 radical (unpaired) electrons. The van der Waals surface area contributed by atoms with Crippen molar-refractivity contribution in [2.75, 3.05) is 23.4 Å². The minimum atomic E-state index is -0.0953. The molecule has 0 saturated heterocycles. The number of rotatable bonds is 2. The van der Waals surface area contributed by atoms with Gasteiger partial charge in [-0.25, -0.2) is 14.3 Å². The van der Waals surface area contributed by atoms with Gasteiger partial charge in [0, 0.05) is 56.6 Å². The van der Waals surface area contributed by atoms with Gasteiger partial charge in [0.25, 0.3) is 5.56 Å². The zero-order valence-electron chi connectivity index (χ0n) is 18.3. The molecule has 6 rings (SSSR count). The van der Waals surface area contributed by atoms with Crippen LogP contribution in [0.2, 0.25) is 0 Å². The molecule has 6 heterocycles. The summed E-state index contributed by atoms with van der Waals surface area (Å²) in [5.74, 6) is 1.78. The second kappa shape index (κ2) is 7.30. The Morgan fingerprint density at radius 1 is 1.12 bits per heavy atom. The van der Waals surface area contributed by atoms with E-state index in [9.17, 15) is 4.79 Å². The van der Waals surface area contributed by atoms with Crippen LogP contribution < -0.4 is 15.9 Å². The van der Waals surface area contributed by atoms with Crippen LogP contribution in [0.15, 0.2) is 41.0 Å². The molecule has 1 N–H and O–H groups in total. The topological polar surface area (TPSA) is 84.1 Å². The van der Waals surface area contributed by atoms with Crippen LogP contribution in [0.25, 0.3) is 6.08 Å². The summed E-state index contributed by atoms with van der Waals surface area (Å²) in [6.45, 7) is 7.70. The van der Waals surface area contributed by atoms with Crippen LogP contribution in [-0.2, 0) is 19.5 Å². The first kappa shape index (κ1) is 19.2. The molecule has 9 nitrogen and oxygen atoms in total. The van der Waals surface area contributed by atoms with Gasteiger partial charge < -0.3 is 4.90 Å². The highest BCUT2D eigenvalue weighted by Crippen LogP contribution is 2.32. The van der Waals surface area contributed by atoms with Crippen LogP contribution in [0.1, 0.15) is 36.1 Å². The molecular weight excluding hydrogens is 404 g/mol. The zero-order valence-corrected chi connectivity index (χ0v) is 18.3. The Labute approximate surface area is 186 Å². The Balaban J connectivity index is 1.29. The lowest BCUT2D eigenvalue weighted by Crippen LogP contribution is -2.51. The summed E-state index contributed by atoms with van der Waals surface area (Å²) >= 11 is 0. The van der Waals surface area contributed by atoms with Crippen molar-refractivity contribution in [2.45, 2.75) is 45.9 Å². The third kappa shape index (κ3) is 3.12. The predicted octanol–water partition coefficient (Wildman–Crippen LogP) is 2.03. The molecule has 32 heavy (non-hydrogen) atoms. The van der Waals surface area contributed by atoms with E-state index in [1.807, 2.05) is 19.2 Å². The summed E-state index contributed by atoms with van der Waals surface area (Å²) in [4.78, 5) is 26.1. The lowest BCUT2D eigenvalue weighted by atomic mass is 10.0. The maximum absolute atomic E-state index is 12.3. The van der Waals surface area contributed by atoms with E-state index < -0.39 is 0 Å². The molecule has 3 aliphatic heterocycles. The molecule has 0 amide bonds. The van der Waals surface area contributed by atoms with E-state index >= 15 is 0 Å². The summed E-state index contributed by atoms with van der Waals surface area (Å²) in [6.07, 6.45) is 7.43. The molecule has 164 valence electrons. The number of aromatic nitrogens is 5. The molecule has 3 aromatic rings. The van der Waals surface area contributed by atoms with Gasteiger partial charge in [-0.2, -0.15) is 5.10 Å². The maximum atomic E-state index is 12.3. The standard InChI is InChI=1S/C23H26N8O/c1-15-10-20-24-6-4-22(32)31(20)27-23(15)28-9-5-19-17(14-28)12-18(13-25-19)29-7-3-8-30-21(29)11-16(2)26-30/h4,6,10-13,23,27H,3,5,7-9,14H2,1-2H3. The van der Waals surface area contributed by atoms with Crippen molar-refractivity contribution in [2.24, 2.45) is 0 Å². The van der Waals surface area contributed by atoms with Gasteiger partial charge in [0.15, 0.2) is 5.82 Å². The Morgan fingerprint density at radius 3 is 2.94 bits per heavy atom. The van der Waals surface area contributed by atoms with E-state index in [-0.39, 0.29) is 11.7 Å². The highest BCUT2D eigenvalue weighted by molar-refractivity contribution is 5.62. The van der Waals surface area contributed by atoms with Crippen LogP contribution >= 0.6 is 0 Å². The number of nitrogens with one attached hydrogen (secondary N) is 1. The summed E-state index contributed by atoms with van der Waals surface area (Å²) in [5, 5.41) is 4.62. The first-order valence-electron chi connectivity index (χ1n) is 11.1. The van der Waals surface area contributed by atoms with Crippen molar-refractivity contribution in [1.82, 2.24) is 29.3 Å². The van der Waals surface area contributed by atoms with Gasteiger partial charge in [-0.15, -0.1) is 0 Å². The Morgan fingerprint density at radius 2 is 2.03 bits per heavy atom. The number of fused-ring (bicyclic) bond motifs is 3. The highest BCUT2D eigenvalue weighted by Gasteiger charge is 2.29.